The Labute approximate surface area is 191 Å². The lowest BCUT2D eigenvalue weighted by Gasteiger charge is -2.30. The number of fused-ring (bicyclic) bond motifs is 2. The highest BCUT2D eigenvalue weighted by molar-refractivity contribution is 6.37. The van der Waals surface area contributed by atoms with Gasteiger partial charge in [-0.2, -0.15) is 13.2 Å². The molecule has 1 aliphatic heterocycles. The van der Waals surface area contributed by atoms with Gasteiger partial charge >= 0.3 is 6.18 Å². The first-order chi connectivity index (χ1) is 15.9. The first-order valence-electron chi connectivity index (χ1n) is 10.8. The van der Waals surface area contributed by atoms with Crippen LogP contribution in [0.15, 0.2) is 24.7 Å². The SMILES string of the molecule is FC(F)(F)c1[nH]c2nccc(-c3nc(N4CCNCC4)c4c(C5CC5)cncc4n3)c2c1Cl. The second-order valence-electron chi connectivity index (χ2n) is 8.40. The van der Waals surface area contributed by atoms with Gasteiger partial charge in [0.15, 0.2) is 5.82 Å². The standard InChI is InChI=1S/C22H19ClF3N7/c23-17-16-12(3-4-29-20(16)31-18(17)22(24,25)26)19-30-14-10-28-9-13(11-1-2-11)15(14)21(32-19)33-7-5-27-6-8-33/h3-4,9-11,27H,1-2,5-8H2,(H,29,31). The van der Waals surface area contributed by atoms with Gasteiger partial charge in [-0.25, -0.2) is 15.0 Å². The number of hydrogen-bond donors (Lipinski definition) is 2. The van der Waals surface area contributed by atoms with Crippen molar-refractivity contribution in [3.8, 4) is 11.4 Å². The zero-order valence-corrected chi connectivity index (χ0v) is 18.1. The number of alkyl halides is 3. The molecule has 6 rings (SSSR count). The number of aromatic amines is 1. The summed E-state index contributed by atoms with van der Waals surface area (Å²) in [6.07, 6.45) is 2.59. The minimum absolute atomic E-state index is 0.0436. The quantitative estimate of drug-likeness (QED) is 0.455. The lowest BCUT2D eigenvalue weighted by molar-refractivity contribution is -0.140. The maximum Gasteiger partial charge on any atom is 0.432 e. The number of halogens is 4. The number of H-pyrrole nitrogens is 1. The van der Waals surface area contributed by atoms with E-state index in [2.05, 4.69) is 25.2 Å². The summed E-state index contributed by atoms with van der Waals surface area (Å²) in [5.74, 6) is 1.53. The largest absolute Gasteiger partial charge is 0.432 e. The molecule has 2 aliphatic rings. The van der Waals surface area contributed by atoms with Gasteiger partial charge in [-0.3, -0.25) is 4.98 Å². The molecule has 0 atom stereocenters. The number of aromatic nitrogens is 5. The van der Waals surface area contributed by atoms with Crippen LogP contribution in [-0.2, 0) is 6.18 Å². The molecule has 0 aromatic carbocycles. The minimum Gasteiger partial charge on any atom is -0.353 e. The number of anilines is 1. The number of hydrogen-bond acceptors (Lipinski definition) is 6. The Balaban J connectivity index is 1.61. The summed E-state index contributed by atoms with van der Waals surface area (Å²) in [7, 11) is 0. The molecular weight excluding hydrogens is 455 g/mol. The predicted molar refractivity (Wildman–Crippen MR) is 119 cm³/mol. The third-order valence-electron chi connectivity index (χ3n) is 6.21. The van der Waals surface area contributed by atoms with Gasteiger partial charge in [-0.1, -0.05) is 11.6 Å². The summed E-state index contributed by atoms with van der Waals surface area (Å²) in [6, 6.07) is 1.60. The van der Waals surface area contributed by atoms with Crippen LogP contribution in [0.3, 0.4) is 0 Å². The zero-order valence-electron chi connectivity index (χ0n) is 17.4. The highest BCUT2D eigenvalue weighted by Crippen LogP contribution is 2.46. The van der Waals surface area contributed by atoms with E-state index in [0.29, 0.717) is 22.8 Å². The number of piperazine rings is 1. The fourth-order valence-corrected chi connectivity index (χ4v) is 4.82. The van der Waals surface area contributed by atoms with Gasteiger partial charge in [0.05, 0.1) is 16.7 Å². The summed E-state index contributed by atoms with van der Waals surface area (Å²) in [4.78, 5) is 22.6. The van der Waals surface area contributed by atoms with Crippen LogP contribution < -0.4 is 10.2 Å². The molecule has 0 radical (unpaired) electrons. The second-order valence-corrected chi connectivity index (χ2v) is 8.78. The van der Waals surface area contributed by atoms with E-state index in [0.717, 1.165) is 55.8 Å². The normalized spacial score (nSPS) is 17.3. The third kappa shape index (κ3) is 3.48. The van der Waals surface area contributed by atoms with Gasteiger partial charge in [0.25, 0.3) is 0 Å². The van der Waals surface area contributed by atoms with Crippen LogP contribution in [0, 0.1) is 0 Å². The summed E-state index contributed by atoms with van der Waals surface area (Å²) >= 11 is 6.20. The topological polar surface area (TPSA) is 82.6 Å². The lowest BCUT2D eigenvalue weighted by atomic mass is 10.1. The molecule has 1 saturated carbocycles. The third-order valence-corrected chi connectivity index (χ3v) is 6.59. The van der Waals surface area contributed by atoms with Crippen molar-refractivity contribution in [2.24, 2.45) is 0 Å². The van der Waals surface area contributed by atoms with E-state index >= 15 is 0 Å². The maximum atomic E-state index is 13.5. The molecule has 0 unspecified atom stereocenters. The van der Waals surface area contributed by atoms with Crippen LogP contribution in [0.4, 0.5) is 19.0 Å². The average Bonchev–Trinajstić information content (AvgIpc) is 3.60. The van der Waals surface area contributed by atoms with Gasteiger partial charge in [-0.05, 0) is 30.4 Å². The molecule has 2 N–H and O–H groups in total. The number of nitrogens with zero attached hydrogens (tertiary/aromatic N) is 5. The molecule has 2 fully saturated rings. The van der Waals surface area contributed by atoms with Crippen LogP contribution >= 0.6 is 11.6 Å². The molecule has 0 bridgehead atoms. The molecular formula is C22H19ClF3N7. The van der Waals surface area contributed by atoms with Gasteiger partial charge in [0.1, 0.15) is 17.2 Å². The molecule has 11 heteroatoms. The van der Waals surface area contributed by atoms with Crippen molar-refractivity contribution in [1.82, 2.24) is 30.2 Å². The smallest absolute Gasteiger partial charge is 0.353 e. The van der Waals surface area contributed by atoms with Crippen molar-refractivity contribution < 1.29 is 13.2 Å². The highest BCUT2D eigenvalue weighted by atomic mass is 35.5. The second kappa shape index (κ2) is 7.53. The van der Waals surface area contributed by atoms with Gasteiger partial charge in [0, 0.05) is 54.9 Å². The van der Waals surface area contributed by atoms with E-state index in [1.165, 1.54) is 6.20 Å². The molecule has 1 aliphatic carbocycles. The lowest BCUT2D eigenvalue weighted by Crippen LogP contribution is -2.44. The Hall–Kier alpha value is -2.98. The number of nitrogens with one attached hydrogen (secondary N) is 2. The van der Waals surface area contributed by atoms with E-state index in [4.69, 9.17) is 21.6 Å². The molecule has 0 amide bonds. The number of pyridine rings is 2. The minimum atomic E-state index is -4.63. The Morgan fingerprint density at radius 2 is 1.85 bits per heavy atom. The van der Waals surface area contributed by atoms with Crippen molar-refractivity contribution in [3.63, 3.8) is 0 Å². The van der Waals surface area contributed by atoms with Gasteiger partial charge in [0.2, 0.25) is 0 Å². The molecule has 1 saturated heterocycles. The van der Waals surface area contributed by atoms with E-state index in [1.54, 1.807) is 12.3 Å². The fraction of sp³-hybridized carbons (Fsp3) is 0.364. The zero-order chi connectivity index (χ0) is 22.7. The van der Waals surface area contributed by atoms with Crippen LogP contribution in [-0.4, -0.2) is 51.1 Å². The van der Waals surface area contributed by atoms with Crippen LogP contribution in [0.5, 0.6) is 0 Å². The van der Waals surface area contributed by atoms with Crippen LogP contribution in [0.1, 0.15) is 30.0 Å². The van der Waals surface area contributed by atoms with E-state index in [1.807, 2.05) is 6.20 Å². The van der Waals surface area contributed by atoms with E-state index in [-0.39, 0.29) is 11.0 Å². The summed E-state index contributed by atoms with van der Waals surface area (Å²) in [5.41, 5.74) is 1.21. The monoisotopic (exact) mass is 473 g/mol. The Morgan fingerprint density at radius 3 is 2.58 bits per heavy atom. The van der Waals surface area contributed by atoms with Crippen LogP contribution in [0.2, 0.25) is 5.02 Å². The van der Waals surface area contributed by atoms with Gasteiger partial charge < -0.3 is 15.2 Å². The molecule has 170 valence electrons. The first-order valence-corrected chi connectivity index (χ1v) is 11.1. The first kappa shape index (κ1) is 20.6. The predicted octanol–water partition coefficient (Wildman–Crippen LogP) is 4.53. The molecule has 4 aromatic rings. The molecule has 4 aromatic heterocycles. The fourth-order valence-electron chi connectivity index (χ4n) is 4.48. The summed E-state index contributed by atoms with van der Waals surface area (Å²) in [6.45, 7) is 3.19. The summed E-state index contributed by atoms with van der Waals surface area (Å²) < 4.78 is 40.4. The maximum absolute atomic E-state index is 13.5. The average molecular weight is 474 g/mol. The Kier molecular flexibility index (Phi) is 4.70. The van der Waals surface area contributed by atoms with Crippen molar-refractivity contribution in [3.05, 3.63) is 40.9 Å². The molecule has 5 heterocycles. The number of rotatable bonds is 3. The van der Waals surface area contributed by atoms with Gasteiger partial charge in [-0.15, -0.1) is 0 Å². The van der Waals surface area contributed by atoms with Crippen LogP contribution in [0.25, 0.3) is 33.3 Å². The highest BCUT2D eigenvalue weighted by Gasteiger charge is 2.37. The molecule has 33 heavy (non-hydrogen) atoms. The van der Waals surface area contributed by atoms with E-state index in [9.17, 15) is 13.2 Å². The van der Waals surface area contributed by atoms with E-state index < -0.39 is 16.9 Å². The van der Waals surface area contributed by atoms with Crippen molar-refractivity contribution in [1.29, 1.82) is 0 Å². The molecule has 7 nitrogen and oxygen atoms in total. The molecule has 0 spiro atoms. The Morgan fingerprint density at radius 1 is 1.06 bits per heavy atom. The van der Waals surface area contributed by atoms with Crippen molar-refractivity contribution in [2.45, 2.75) is 24.9 Å². The summed E-state index contributed by atoms with van der Waals surface area (Å²) in [5, 5.41) is 4.04. The van der Waals surface area contributed by atoms with Crippen molar-refractivity contribution in [2.75, 3.05) is 31.1 Å². The Bertz CT molecular complexity index is 1370. The van der Waals surface area contributed by atoms with Crippen molar-refractivity contribution >= 4 is 39.4 Å².